The Balaban J connectivity index is 0. The molecule has 0 aliphatic carbocycles. The largest absolute Gasteiger partial charge is 0.370 e. The molecule has 0 aromatic carbocycles. The first-order valence-electron chi connectivity index (χ1n) is 2.31. The summed E-state index contributed by atoms with van der Waals surface area (Å²) < 4.78 is 0. The SMILES string of the molecule is CC(N)=O.NCCN. The van der Waals surface area contributed by atoms with Gasteiger partial charge in [0.25, 0.3) is 0 Å². The van der Waals surface area contributed by atoms with Gasteiger partial charge in [-0.15, -0.1) is 0 Å². The quantitative estimate of drug-likeness (QED) is 0.387. The van der Waals surface area contributed by atoms with Crippen LogP contribution in [0.15, 0.2) is 0 Å². The summed E-state index contributed by atoms with van der Waals surface area (Å²) in [5.41, 5.74) is 14.3. The van der Waals surface area contributed by atoms with E-state index >= 15 is 0 Å². The highest BCUT2D eigenvalue weighted by Gasteiger charge is 1.61. The molecule has 1 amide bonds. The molecular weight excluding hydrogens is 106 g/mol. The van der Waals surface area contributed by atoms with Gasteiger partial charge in [0.2, 0.25) is 5.91 Å². The summed E-state index contributed by atoms with van der Waals surface area (Å²) in [5.74, 6) is -0.333. The Morgan fingerprint density at radius 3 is 1.50 bits per heavy atom. The predicted molar refractivity (Wildman–Crippen MR) is 33.0 cm³/mol. The molecule has 0 aliphatic heterocycles. The van der Waals surface area contributed by atoms with Crippen molar-refractivity contribution in [2.75, 3.05) is 13.1 Å². The molecule has 8 heavy (non-hydrogen) atoms. The average Bonchev–Trinajstić information content (AvgIpc) is 1.65. The fraction of sp³-hybridized carbons (Fsp3) is 0.750. The van der Waals surface area contributed by atoms with Crippen molar-refractivity contribution >= 4 is 5.91 Å². The molecular formula is C4H13N3O. The van der Waals surface area contributed by atoms with Crippen LogP contribution >= 0.6 is 0 Å². The van der Waals surface area contributed by atoms with Gasteiger partial charge in [-0.1, -0.05) is 0 Å². The summed E-state index contributed by atoms with van der Waals surface area (Å²) in [7, 11) is 0. The van der Waals surface area contributed by atoms with Crippen LogP contribution in [0, 0.1) is 0 Å². The van der Waals surface area contributed by atoms with Crippen molar-refractivity contribution in [3.8, 4) is 0 Å². The number of hydrogen-bond donors (Lipinski definition) is 3. The maximum atomic E-state index is 9.22. The number of hydrogen-bond acceptors (Lipinski definition) is 3. The maximum Gasteiger partial charge on any atom is 0.214 e. The molecule has 4 nitrogen and oxygen atoms in total. The Hall–Kier alpha value is -0.610. The van der Waals surface area contributed by atoms with Crippen molar-refractivity contribution in [3.05, 3.63) is 0 Å². The Bertz CT molecular complexity index is 49.2. The number of nitrogens with two attached hydrogens (primary N) is 3. The highest BCUT2D eigenvalue weighted by molar-refractivity contribution is 5.70. The van der Waals surface area contributed by atoms with E-state index in [1.807, 2.05) is 0 Å². The monoisotopic (exact) mass is 119 g/mol. The number of amides is 1. The molecule has 0 spiro atoms. The summed E-state index contributed by atoms with van der Waals surface area (Å²) in [6, 6.07) is 0. The van der Waals surface area contributed by atoms with Gasteiger partial charge in [0.05, 0.1) is 0 Å². The van der Waals surface area contributed by atoms with Crippen LogP contribution in [-0.4, -0.2) is 19.0 Å². The van der Waals surface area contributed by atoms with Crippen LogP contribution in [0.5, 0.6) is 0 Å². The van der Waals surface area contributed by atoms with Gasteiger partial charge in [-0.25, -0.2) is 0 Å². The molecule has 0 bridgehead atoms. The molecule has 0 aromatic rings. The zero-order valence-corrected chi connectivity index (χ0v) is 5.05. The minimum absolute atomic E-state index is 0.333. The van der Waals surface area contributed by atoms with Gasteiger partial charge in [0.15, 0.2) is 0 Å². The Labute approximate surface area is 49.0 Å². The summed E-state index contributed by atoms with van der Waals surface area (Å²) in [5, 5.41) is 0. The molecule has 0 saturated carbocycles. The van der Waals surface area contributed by atoms with Gasteiger partial charge in [-0.3, -0.25) is 4.79 Å². The Morgan fingerprint density at radius 1 is 1.38 bits per heavy atom. The smallest absolute Gasteiger partial charge is 0.214 e. The second-order valence-electron chi connectivity index (χ2n) is 1.19. The molecule has 6 N–H and O–H groups in total. The highest BCUT2D eigenvalue weighted by Crippen LogP contribution is 1.33. The van der Waals surface area contributed by atoms with Crippen LogP contribution in [0.4, 0.5) is 0 Å². The minimum atomic E-state index is -0.333. The maximum absolute atomic E-state index is 9.22. The van der Waals surface area contributed by atoms with E-state index in [1.165, 1.54) is 6.92 Å². The third kappa shape index (κ3) is 683. The van der Waals surface area contributed by atoms with Crippen LogP contribution in [0.2, 0.25) is 0 Å². The topological polar surface area (TPSA) is 95.1 Å². The lowest BCUT2D eigenvalue weighted by Gasteiger charge is -1.72. The fourth-order valence-corrected chi connectivity index (χ4v) is 0. The molecule has 0 heterocycles. The number of primary amides is 1. The first-order chi connectivity index (χ1) is 3.65. The highest BCUT2D eigenvalue weighted by atomic mass is 16.1. The van der Waals surface area contributed by atoms with E-state index in [-0.39, 0.29) is 5.91 Å². The van der Waals surface area contributed by atoms with Crippen LogP contribution in [0.1, 0.15) is 6.92 Å². The zero-order chi connectivity index (χ0) is 6.99. The van der Waals surface area contributed by atoms with Gasteiger partial charge >= 0.3 is 0 Å². The summed E-state index contributed by atoms with van der Waals surface area (Å²) >= 11 is 0. The lowest BCUT2D eigenvalue weighted by molar-refractivity contribution is -0.115. The summed E-state index contributed by atoms with van der Waals surface area (Å²) in [6.45, 7) is 2.50. The van der Waals surface area contributed by atoms with E-state index in [4.69, 9.17) is 11.5 Å². The van der Waals surface area contributed by atoms with Gasteiger partial charge in [0, 0.05) is 20.0 Å². The van der Waals surface area contributed by atoms with Crippen molar-refractivity contribution < 1.29 is 4.79 Å². The van der Waals surface area contributed by atoms with Crippen molar-refractivity contribution in [2.45, 2.75) is 6.92 Å². The third-order valence-electron chi connectivity index (χ3n) is 0.167. The molecule has 0 radical (unpaired) electrons. The lowest BCUT2D eigenvalue weighted by Crippen LogP contribution is -2.11. The van der Waals surface area contributed by atoms with Gasteiger partial charge in [0.1, 0.15) is 0 Å². The Morgan fingerprint density at radius 2 is 1.50 bits per heavy atom. The number of carbonyl (C=O) groups excluding carboxylic acids is 1. The van der Waals surface area contributed by atoms with E-state index in [9.17, 15) is 4.79 Å². The van der Waals surface area contributed by atoms with Gasteiger partial charge < -0.3 is 17.2 Å². The van der Waals surface area contributed by atoms with E-state index in [0.717, 1.165) is 0 Å². The molecule has 0 saturated heterocycles. The third-order valence-corrected chi connectivity index (χ3v) is 0.167. The average molecular weight is 119 g/mol. The molecule has 4 heteroatoms. The van der Waals surface area contributed by atoms with Gasteiger partial charge in [-0.05, 0) is 0 Å². The molecule has 0 atom stereocenters. The molecule has 0 rings (SSSR count). The van der Waals surface area contributed by atoms with Crippen LogP contribution < -0.4 is 17.2 Å². The van der Waals surface area contributed by atoms with Crippen LogP contribution in [0.25, 0.3) is 0 Å². The van der Waals surface area contributed by atoms with E-state index in [1.54, 1.807) is 0 Å². The van der Waals surface area contributed by atoms with Crippen molar-refractivity contribution in [1.29, 1.82) is 0 Å². The van der Waals surface area contributed by atoms with Crippen LogP contribution in [-0.2, 0) is 4.79 Å². The van der Waals surface area contributed by atoms with E-state index in [2.05, 4.69) is 5.73 Å². The predicted octanol–water partition coefficient (Wildman–Crippen LogP) is -1.60. The molecule has 0 aliphatic rings. The van der Waals surface area contributed by atoms with Crippen molar-refractivity contribution in [2.24, 2.45) is 17.2 Å². The molecule has 0 unspecified atom stereocenters. The van der Waals surface area contributed by atoms with Crippen molar-refractivity contribution in [1.82, 2.24) is 0 Å². The standard InChI is InChI=1S/C2H8N2.C2H5NO/c3-1-2-4;1-2(3)4/h1-4H2;1H3,(H2,3,4). The molecule has 50 valence electrons. The number of carbonyl (C=O) groups is 1. The molecule has 0 aromatic heterocycles. The lowest BCUT2D eigenvalue weighted by atomic mass is 10.7. The van der Waals surface area contributed by atoms with Crippen molar-refractivity contribution in [3.63, 3.8) is 0 Å². The van der Waals surface area contributed by atoms with Crippen LogP contribution in [0.3, 0.4) is 0 Å². The molecule has 0 fully saturated rings. The fourth-order valence-electron chi connectivity index (χ4n) is 0. The summed E-state index contributed by atoms with van der Waals surface area (Å²) in [6.07, 6.45) is 0. The second-order valence-corrected chi connectivity index (χ2v) is 1.19. The van der Waals surface area contributed by atoms with E-state index in [0.29, 0.717) is 13.1 Å². The number of rotatable bonds is 1. The summed E-state index contributed by atoms with van der Waals surface area (Å²) in [4.78, 5) is 9.22. The Kier molecular flexibility index (Phi) is 12.5. The first kappa shape index (κ1) is 10.4. The van der Waals surface area contributed by atoms with Gasteiger partial charge in [-0.2, -0.15) is 0 Å². The second kappa shape index (κ2) is 9.63. The minimum Gasteiger partial charge on any atom is -0.370 e. The van der Waals surface area contributed by atoms with E-state index < -0.39 is 0 Å². The first-order valence-corrected chi connectivity index (χ1v) is 2.31. The zero-order valence-electron chi connectivity index (χ0n) is 5.05. The normalized spacial score (nSPS) is 6.88.